The minimum Gasteiger partial charge on any atom is -0.388 e. The van der Waals surface area contributed by atoms with E-state index in [-0.39, 0.29) is 5.75 Å². The molecule has 2 rings (SSSR count). The summed E-state index contributed by atoms with van der Waals surface area (Å²) in [5, 5.41) is 10.4. The summed E-state index contributed by atoms with van der Waals surface area (Å²) in [7, 11) is -3.30. The van der Waals surface area contributed by atoms with Crippen LogP contribution in [0.5, 0.6) is 0 Å². The Kier molecular flexibility index (Phi) is 3.84. The van der Waals surface area contributed by atoms with Crippen LogP contribution in [0.2, 0.25) is 5.02 Å². The van der Waals surface area contributed by atoms with Gasteiger partial charge in [-0.15, -0.1) is 0 Å². The first-order valence-corrected chi connectivity index (χ1v) is 7.92. The third-order valence-corrected chi connectivity index (χ3v) is 5.23. The number of aliphatic hydroxyl groups excluding tert-OH is 1. The van der Waals surface area contributed by atoms with E-state index in [2.05, 4.69) is 0 Å². The van der Waals surface area contributed by atoms with Crippen molar-refractivity contribution < 1.29 is 13.5 Å². The molecule has 1 aromatic carbocycles. The van der Waals surface area contributed by atoms with E-state index in [9.17, 15) is 13.5 Å². The van der Waals surface area contributed by atoms with Crippen molar-refractivity contribution in [2.75, 3.05) is 16.6 Å². The Hall–Kier alpha value is -0.780. The third-order valence-electron chi connectivity index (χ3n) is 3.02. The summed E-state index contributed by atoms with van der Waals surface area (Å²) in [5.74, 6) is 0.116. The smallest absolute Gasteiger partial charge is 0.235 e. The zero-order chi connectivity index (χ0) is 13.3. The lowest BCUT2D eigenvalue weighted by molar-refractivity contribution is 0.166. The van der Waals surface area contributed by atoms with Crippen LogP contribution in [-0.2, 0) is 10.0 Å². The average molecular weight is 290 g/mol. The van der Waals surface area contributed by atoms with Crippen LogP contribution >= 0.6 is 11.6 Å². The van der Waals surface area contributed by atoms with Crippen molar-refractivity contribution in [3.8, 4) is 0 Å². The molecule has 0 saturated carbocycles. The molecule has 0 radical (unpaired) electrons. The van der Waals surface area contributed by atoms with Crippen LogP contribution < -0.4 is 4.31 Å². The standard InChI is InChI=1S/C12H16ClNO3S/c1-2-7-18(16,17)14-6-5-12(15)10-8-9(13)3-4-11(10)14/h3-4,8,12,15H,2,5-7H2,1H3. The van der Waals surface area contributed by atoms with Crippen LogP contribution in [0.25, 0.3) is 0 Å². The van der Waals surface area contributed by atoms with Crippen molar-refractivity contribution in [3.63, 3.8) is 0 Å². The van der Waals surface area contributed by atoms with Crippen LogP contribution in [0.3, 0.4) is 0 Å². The number of benzene rings is 1. The quantitative estimate of drug-likeness (QED) is 0.929. The van der Waals surface area contributed by atoms with Gasteiger partial charge in [-0.25, -0.2) is 8.42 Å². The minimum atomic E-state index is -3.30. The average Bonchev–Trinajstić information content (AvgIpc) is 2.30. The van der Waals surface area contributed by atoms with Crippen molar-refractivity contribution >= 4 is 27.3 Å². The predicted molar refractivity (Wildman–Crippen MR) is 72.5 cm³/mol. The zero-order valence-corrected chi connectivity index (χ0v) is 11.7. The van der Waals surface area contributed by atoms with Crippen LogP contribution in [0.15, 0.2) is 18.2 Å². The number of anilines is 1. The largest absolute Gasteiger partial charge is 0.388 e. The van der Waals surface area contributed by atoms with E-state index < -0.39 is 16.1 Å². The van der Waals surface area contributed by atoms with Gasteiger partial charge in [0.05, 0.1) is 17.5 Å². The van der Waals surface area contributed by atoms with Gasteiger partial charge < -0.3 is 5.11 Å². The first kappa shape index (κ1) is 13.6. The van der Waals surface area contributed by atoms with E-state index in [1.807, 2.05) is 6.92 Å². The number of rotatable bonds is 3. The van der Waals surface area contributed by atoms with E-state index in [4.69, 9.17) is 11.6 Å². The Morgan fingerprint density at radius 1 is 1.50 bits per heavy atom. The molecular formula is C12H16ClNO3S. The predicted octanol–water partition coefficient (Wildman–Crippen LogP) is 2.32. The van der Waals surface area contributed by atoms with Gasteiger partial charge >= 0.3 is 0 Å². The molecule has 100 valence electrons. The SMILES string of the molecule is CCCS(=O)(=O)N1CCC(O)c2cc(Cl)ccc21. The topological polar surface area (TPSA) is 57.6 Å². The van der Waals surface area contributed by atoms with E-state index >= 15 is 0 Å². The highest BCUT2D eigenvalue weighted by Crippen LogP contribution is 2.37. The summed E-state index contributed by atoms with van der Waals surface area (Å²) < 4.78 is 25.7. The summed E-state index contributed by atoms with van der Waals surface area (Å²) in [5.41, 5.74) is 1.14. The molecule has 1 N–H and O–H groups in total. The van der Waals surface area contributed by atoms with Gasteiger partial charge in [0.15, 0.2) is 0 Å². The highest BCUT2D eigenvalue weighted by Gasteiger charge is 2.30. The van der Waals surface area contributed by atoms with Crippen molar-refractivity contribution in [2.45, 2.75) is 25.9 Å². The fraction of sp³-hybridized carbons (Fsp3) is 0.500. The molecule has 0 aliphatic carbocycles. The van der Waals surface area contributed by atoms with Gasteiger partial charge in [0.1, 0.15) is 0 Å². The van der Waals surface area contributed by atoms with Crippen LogP contribution in [0.4, 0.5) is 5.69 Å². The lowest BCUT2D eigenvalue weighted by Crippen LogP contribution is -2.38. The molecule has 4 nitrogen and oxygen atoms in total. The zero-order valence-electron chi connectivity index (χ0n) is 10.1. The Bertz CT molecular complexity index is 544. The lowest BCUT2D eigenvalue weighted by atomic mass is 10.0. The van der Waals surface area contributed by atoms with Gasteiger partial charge in [-0.1, -0.05) is 18.5 Å². The molecule has 1 heterocycles. The Morgan fingerprint density at radius 2 is 2.22 bits per heavy atom. The molecule has 1 atom stereocenters. The third kappa shape index (κ3) is 2.48. The first-order chi connectivity index (χ1) is 8.45. The molecule has 0 spiro atoms. The molecule has 0 amide bonds. The lowest BCUT2D eigenvalue weighted by Gasteiger charge is -2.33. The highest BCUT2D eigenvalue weighted by atomic mass is 35.5. The molecule has 0 fully saturated rings. The second kappa shape index (κ2) is 5.07. The number of nitrogens with zero attached hydrogens (tertiary/aromatic N) is 1. The van der Waals surface area contributed by atoms with Crippen molar-refractivity contribution in [1.29, 1.82) is 0 Å². The van der Waals surface area contributed by atoms with E-state index in [0.29, 0.717) is 35.7 Å². The summed E-state index contributed by atoms with van der Waals surface area (Å²) in [4.78, 5) is 0. The summed E-state index contributed by atoms with van der Waals surface area (Å²) in [6.07, 6.45) is 0.326. The molecule has 18 heavy (non-hydrogen) atoms. The maximum absolute atomic E-state index is 12.2. The van der Waals surface area contributed by atoms with E-state index in [1.54, 1.807) is 18.2 Å². The summed E-state index contributed by atoms with van der Waals surface area (Å²) in [6, 6.07) is 4.94. The fourth-order valence-corrected chi connectivity index (χ4v) is 3.96. The molecule has 1 aliphatic heterocycles. The molecule has 6 heteroatoms. The molecule has 1 aromatic rings. The number of sulfonamides is 1. The van der Waals surface area contributed by atoms with Gasteiger partial charge in [0.25, 0.3) is 0 Å². The molecular weight excluding hydrogens is 274 g/mol. The molecule has 0 bridgehead atoms. The second-order valence-corrected chi connectivity index (χ2v) is 6.85. The van der Waals surface area contributed by atoms with E-state index in [0.717, 1.165) is 0 Å². The number of halogens is 1. The van der Waals surface area contributed by atoms with Gasteiger partial charge in [0, 0.05) is 17.1 Å². The van der Waals surface area contributed by atoms with Crippen molar-refractivity contribution in [2.24, 2.45) is 0 Å². The summed E-state index contributed by atoms with van der Waals surface area (Å²) in [6.45, 7) is 2.15. The number of fused-ring (bicyclic) bond motifs is 1. The fourth-order valence-electron chi connectivity index (χ4n) is 2.19. The van der Waals surface area contributed by atoms with Gasteiger partial charge in [0.2, 0.25) is 10.0 Å². The first-order valence-electron chi connectivity index (χ1n) is 5.93. The van der Waals surface area contributed by atoms with Crippen LogP contribution in [0, 0.1) is 0 Å². The Balaban J connectivity index is 2.47. The number of aliphatic hydroxyl groups is 1. The number of hydrogen-bond donors (Lipinski definition) is 1. The maximum atomic E-state index is 12.2. The Morgan fingerprint density at radius 3 is 2.89 bits per heavy atom. The highest BCUT2D eigenvalue weighted by molar-refractivity contribution is 7.92. The minimum absolute atomic E-state index is 0.116. The van der Waals surface area contributed by atoms with E-state index in [1.165, 1.54) is 4.31 Å². The van der Waals surface area contributed by atoms with Gasteiger partial charge in [-0.05, 0) is 31.0 Å². The molecule has 1 aliphatic rings. The van der Waals surface area contributed by atoms with Crippen LogP contribution in [-0.4, -0.2) is 25.8 Å². The molecule has 1 unspecified atom stereocenters. The normalized spacial score (nSPS) is 19.7. The monoisotopic (exact) mass is 289 g/mol. The molecule has 0 aromatic heterocycles. The van der Waals surface area contributed by atoms with Crippen molar-refractivity contribution in [3.05, 3.63) is 28.8 Å². The maximum Gasteiger partial charge on any atom is 0.235 e. The van der Waals surface area contributed by atoms with Gasteiger partial charge in [-0.2, -0.15) is 0 Å². The number of hydrogen-bond acceptors (Lipinski definition) is 3. The van der Waals surface area contributed by atoms with Crippen LogP contribution in [0.1, 0.15) is 31.4 Å². The molecule has 0 saturated heterocycles. The second-order valence-electron chi connectivity index (χ2n) is 4.40. The summed E-state index contributed by atoms with van der Waals surface area (Å²) >= 11 is 5.89. The van der Waals surface area contributed by atoms with Gasteiger partial charge in [-0.3, -0.25) is 4.31 Å². The van der Waals surface area contributed by atoms with Crippen molar-refractivity contribution in [1.82, 2.24) is 0 Å². The Labute approximate surface area is 112 Å².